The number of hydrogen-bond acceptors (Lipinski definition) is 7. The summed E-state index contributed by atoms with van der Waals surface area (Å²) in [4.78, 5) is 36.3. The second-order valence-corrected chi connectivity index (χ2v) is 12.0. The monoisotopic (exact) mass is 649 g/mol. The molecule has 17 heteroatoms. The number of fused-ring (bicyclic) bond motifs is 4. The van der Waals surface area contributed by atoms with E-state index in [1.54, 1.807) is 37.3 Å². The molecule has 5 heterocycles. The molecule has 0 saturated carbocycles. The number of pyridine rings is 1. The smallest absolute Gasteiger partial charge is 0.323 e. The van der Waals surface area contributed by atoms with Crippen LogP contribution >= 0.6 is 23.2 Å². The lowest BCUT2D eigenvalue weighted by Gasteiger charge is -2.30. The number of carbonyl (C=O) groups is 1. The van der Waals surface area contributed by atoms with Crippen molar-refractivity contribution in [1.29, 1.82) is 0 Å². The molecule has 1 aromatic carbocycles. The van der Waals surface area contributed by atoms with E-state index in [1.165, 1.54) is 40.2 Å². The molecule has 11 nitrogen and oxygen atoms in total. The number of carbonyl (C=O) groups excluding carboxylic acids is 1. The van der Waals surface area contributed by atoms with E-state index in [0.717, 1.165) is 0 Å². The highest BCUT2D eigenvalue weighted by atomic mass is 35.5. The molecular weight excluding hydrogens is 625 g/mol. The van der Waals surface area contributed by atoms with Crippen LogP contribution in [-0.4, -0.2) is 60.9 Å². The topological polar surface area (TPSA) is 125 Å². The quantitative estimate of drug-likeness (QED) is 0.293. The number of halogens is 4. The van der Waals surface area contributed by atoms with Crippen molar-refractivity contribution in [3.63, 3.8) is 0 Å². The van der Waals surface area contributed by atoms with Crippen molar-refractivity contribution in [2.45, 2.75) is 37.6 Å². The number of nitrogens with zero attached hydrogens (tertiary/aromatic N) is 8. The Balaban J connectivity index is 1.49. The summed E-state index contributed by atoms with van der Waals surface area (Å²) in [6, 6.07) is 9.02. The molecule has 1 amide bonds. The zero-order valence-electron chi connectivity index (χ0n) is 24.3. The molecule has 1 aliphatic rings. The Morgan fingerprint density at radius 1 is 1.09 bits per heavy atom. The first kappa shape index (κ1) is 30.7. The van der Waals surface area contributed by atoms with Gasteiger partial charge in [-0.05, 0) is 36.8 Å². The minimum Gasteiger partial charge on any atom is -0.323 e. The molecule has 2 bridgehead atoms. The van der Waals surface area contributed by atoms with Crippen LogP contribution in [0.2, 0.25) is 21.8 Å². The van der Waals surface area contributed by atoms with Gasteiger partial charge < -0.3 is 5.32 Å². The van der Waals surface area contributed by atoms with Gasteiger partial charge in [0.1, 0.15) is 15.7 Å². The van der Waals surface area contributed by atoms with Gasteiger partial charge in [0, 0.05) is 34.3 Å². The predicted molar refractivity (Wildman–Crippen MR) is 171 cm³/mol. The lowest BCUT2D eigenvalue weighted by Crippen LogP contribution is -2.31. The molecule has 0 radical (unpaired) electrons. The van der Waals surface area contributed by atoms with Gasteiger partial charge in [0.15, 0.2) is 5.15 Å². The highest BCUT2D eigenvalue weighted by Gasteiger charge is 2.31. The molecule has 2 unspecified atom stereocenters. The third kappa shape index (κ3) is 5.89. The third-order valence-electron chi connectivity index (χ3n) is 8.45. The number of anilines is 1. The molecule has 6 rings (SSSR count). The van der Waals surface area contributed by atoms with Gasteiger partial charge in [-0.3, -0.25) is 19.1 Å². The Bertz CT molecular complexity index is 1970. The van der Waals surface area contributed by atoms with Crippen LogP contribution < -0.4 is 10.9 Å². The van der Waals surface area contributed by atoms with Crippen molar-refractivity contribution in [1.82, 2.24) is 39.3 Å². The zero-order chi connectivity index (χ0) is 32.0. The van der Waals surface area contributed by atoms with Crippen LogP contribution in [0.5, 0.6) is 0 Å². The Morgan fingerprint density at radius 2 is 1.89 bits per heavy atom. The summed E-state index contributed by atoms with van der Waals surface area (Å²) in [5, 5.41) is 15.1. The molecule has 45 heavy (non-hydrogen) atoms. The molecule has 0 saturated heterocycles. The Kier molecular flexibility index (Phi) is 8.31. The van der Waals surface area contributed by atoms with Gasteiger partial charge in [0.05, 0.1) is 53.2 Å². The first-order valence-electron chi connectivity index (χ1n) is 14.1. The fraction of sp³-hybridized carbons (Fsp3) is 0.250. The molecule has 1 N–H and O–H groups in total. The minimum absolute atomic E-state index is 0.0387. The van der Waals surface area contributed by atoms with Gasteiger partial charge in [-0.2, -0.15) is 13.9 Å². The maximum absolute atomic E-state index is 14.0. The molecular formula is C28H25B2Cl2F2N9O2. The standard InChI is InChI=1S/C28H25B2Cl2F2N9O2/c1-13-25(30)17(29)8-22(19-6-14(4-5-35-19)26-20(38-27(13)45)10-37-43(26)28(33)34)41-12-36-18(9-24(41)44)16-7-15(31)2-3-21(16)42-11-23(32)39-40-42/h2-7,9-13,17,22,25,28H,8,29-30H2,1H3,(H,38,45)/t13-,17?,22+,25?/m1/s1. The predicted octanol–water partition coefficient (Wildman–Crippen LogP) is 3.86. The molecule has 1 aliphatic heterocycles. The largest absolute Gasteiger partial charge is 0.333 e. The van der Waals surface area contributed by atoms with E-state index in [4.69, 9.17) is 23.2 Å². The van der Waals surface area contributed by atoms with Gasteiger partial charge in [-0.1, -0.05) is 47.0 Å². The van der Waals surface area contributed by atoms with Crippen LogP contribution in [0.4, 0.5) is 14.5 Å². The zero-order valence-corrected chi connectivity index (χ0v) is 25.8. The van der Waals surface area contributed by atoms with Crippen molar-refractivity contribution >= 4 is 50.5 Å². The van der Waals surface area contributed by atoms with Gasteiger partial charge >= 0.3 is 6.55 Å². The maximum Gasteiger partial charge on any atom is 0.333 e. The van der Waals surface area contributed by atoms with Crippen molar-refractivity contribution in [3.8, 4) is 28.2 Å². The normalized spacial score (nSPS) is 20.3. The summed E-state index contributed by atoms with van der Waals surface area (Å²) in [7, 11) is 3.96. The number of rotatable bonds is 4. The van der Waals surface area contributed by atoms with Gasteiger partial charge in [0.25, 0.3) is 5.56 Å². The van der Waals surface area contributed by atoms with Crippen molar-refractivity contribution in [2.24, 2.45) is 5.92 Å². The highest BCUT2D eigenvalue weighted by Crippen LogP contribution is 2.39. The summed E-state index contributed by atoms with van der Waals surface area (Å²) >= 11 is 12.3. The first-order chi connectivity index (χ1) is 21.5. The van der Waals surface area contributed by atoms with E-state index < -0.39 is 18.5 Å². The number of alkyl halides is 2. The Labute approximate surface area is 267 Å². The summed E-state index contributed by atoms with van der Waals surface area (Å²) in [5.74, 6) is -0.995. The number of hydrogen-bond donors (Lipinski definition) is 1. The Hall–Kier alpha value is -4.36. The van der Waals surface area contributed by atoms with Crippen LogP contribution in [0.25, 0.3) is 28.2 Å². The molecule has 5 aromatic rings. The molecule has 4 aromatic heterocycles. The van der Waals surface area contributed by atoms with Gasteiger partial charge in [-0.25, -0.2) is 14.3 Å². The molecule has 0 aliphatic carbocycles. The van der Waals surface area contributed by atoms with Crippen LogP contribution in [0.15, 0.2) is 66.1 Å². The van der Waals surface area contributed by atoms with E-state index in [2.05, 4.69) is 30.7 Å². The van der Waals surface area contributed by atoms with Crippen molar-refractivity contribution < 1.29 is 13.6 Å². The summed E-state index contributed by atoms with van der Waals surface area (Å²) < 4.78 is 31.5. The van der Waals surface area contributed by atoms with E-state index in [0.29, 0.717) is 44.3 Å². The third-order valence-corrected chi connectivity index (χ3v) is 8.86. The summed E-state index contributed by atoms with van der Waals surface area (Å²) in [6.45, 7) is -1.16. The maximum atomic E-state index is 14.0. The fourth-order valence-electron chi connectivity index (χ4n) is 5.65. The van der Waals surface area contributed by atoms with Gasteiger partial charge in [0.2, 0.25) is 5.91 Å². The van der Waals surface area contributed by atoms with E-state index >= 15 is 0 Å². The van der Waals surface area contributed by atoms with E-state index in [1.807, 2.05) is 15.7 Å². The average Bonchev–Trinajstić information content (AvgIpc) is 3.65. The van der Waals surface area contributed by atoms with Crippen LogP contribution in [0, 0.1) is 5.92 Å². The lowest BCUT2D eigenvalue weighted by molar-refractivity contribution is -0.119. The Morgan fingerprint density at radius 3 is 2.60 bits per heavy atom. The number of benzene rings is 1. The summed E-state index contributed by atoms with van der Waals surface area (Å²) in [6.07, 6.45) is 6.08. The van der Waals surface area contributed by atoms with E-state index in [-0.39, 0.29) is 39.6 Å². The van der Waals surface area contributed by atoms with Crippen LogP contribution in [0.3, 0.4) is 0 Å². The van der Waals surface area contributed by atoms with Crippen molar-refractivity contribution in [2.75, 3.05) is 5.32 Å². The summed E-state index contributed by atoms with van der Waals surface area (Å²) in [5.41, 5.74) is 2.08. The first-order valence-corrected chi connectivity index (χ1v) is 14.9. The second kappa shape index (κ2) is 12.2. The lowest BCUT2D eigenvalue weighted by atomic mass is 9.59. The molecule has 228 valence electrons. The molecule has 0 spiro atoms. The van der Waals surface area contributed by atoms with Crippen molar-refractivity contribution in [3.05, 3.63) is 87.5 Å². The second-order valence-electron chi connectivity index (χ2n) is 11.1. The SMILES string of the molecule is BC1C[C@H](n2cnc(-c3cc(Cl)ccc3-n3cc(Cl)nn3)cc2=O)c2cc(ccn2)-c2c(cnn2C(F)F)NC(=O)[C@H](C)C1B. The van der Waals surface area contributed by atoms with Gasteiger partial charge in [-0.15, -0.1) is 5.10 Å². The fourth-order valence-corrected chi connectivity index (χ4v) is 5.95. The molecule has 0 fully saturated rings. The number of amides is 1. The average molecular weight is 650 g/mol. The highest BCUT2D eigenvalue weighted by molar-refractivity contribution is 6.31. The van der Waals surface area contributed by atoms with E-state index in [9.17, 15) is 18.4 Å². The number of aromatic nitrogens is 8. The molecule has 4 atom stereocenters. The minimum atomic E-state index is -2.95. The van der Waals surface area contributed by atoms with Crippen LogP contribution in [-0.2, 0) is 4.79 Å². The van der Waals surface area contributed by atoms with Crippen LogP contribution in [0.1, 0.15) is 31.6 Å². The number of nitrogens with one attached hydrogen (secondary N) is 1.